The van der Waals surface area contributed by atoms with Crippen LogP contribution in [0.2, 0.25) is 0 Å². The van der Waals surface area contributed by atoms with Gasteiger partial charge in [-0.25, -0.2) is 4.99 Å². The van der Waals surface area contributed by atoms with Crippen LogP contribution in [0, 0.1) is 0 Å². The molecule has 166 valence electrons. The lowest BCUT2D eigenvalue weighted by Crippen LogP contribution is -2.52. The zero-order valence-corrected chi connectivity index (χ0v) is 18.3. The van der Waals surface area contributed by atoms with Gasteiger partial charge in [-0.15, -0.1) is 0 Å². The quantitative estimate of drug-likeness (QED) is 0.541. The average molecular weight is 425 g/mol. The van der Waals surface area contributed by atoms with Crippen molar-refractivity contribution in [3.05, 3.63) is 65.7 Å². The molecule has 1 amide bonds. The number of benzene rings is 2. The Kier molecular flexibility index (Phi) is 8.06. The number of hydrogen-bond donors (Lipinski definition) is 2. The Hall–Kier alpha value is -2.86. The van der Waals surface area contributed by atoms with Gasteiger partial charge in [0.1, 0.15) is 11.9 Å². The molecule has 0 saturated carbocycles. The van der Waals surface area contributed by atoms with E-state index in [1.807, 2.05) is 61.5 Å². The van der Waals surface area contributed by atoms with E-state index in [4.69, 9.17) is 19.6 Å². The minimum absolute atomic E-state index is 0.101. The third-order valence-corrected chi connectivity index (χ3v) is 5.46. The second kappa shape index (κ2) is 11.0. The van der Waals surface area contributed by atoms with E-state index in [-0.39, 0.29) is 12.5 Å². The van der Waals surface area contributed by atoms with Gasteiger partial charge < -0.3 is 19.9 Å². The number of ether oxygens (including phenoxy) is 2. The fourth-order valence-electron chi connectivity index (χ4n) is 3.58. The molecule has 2 atom stereocenters. The summed E-state index contributed by atoms with van der Waals surface area (Å²) in [7, 11) is 0. The summed E-state index contributed by atoms with van der Waals surface area (Å²) in [6.07, 6.45) is 2.60. The SMILES string of the molecule is CCCCNC(=O)[C@]1(Cc2ccccc2)N=C(c2ccc(OCCCO)cc2)O[C@@H]1C. The van der Waals surface area contributed by atoms with Crippen molar-refractivity contribution in [3.8, 4) is 5.75 Å². The molecular formula is C25H32N2O4. The van der Waals surface area contributed by atoms with Crippen LogP contribution in [0.25, 0.3) is 0 Å². The van der Waals surface area contributed by atoms with Crippen LogP contribution >= 0.6 is 0 Å². The van der Waals surface area contributed by atoms with Crippen LogP contribution in [-0.2, 0) is 16.0 Å². The third-order valence-electron chi connectivity index (χ3n) is 5.46. The molecule has 6 heteroatoms. The summed E-state index contributed by atoms with van der Waals surface area (Å²) < 4.78 is 11.7. The summed E-state index contributed by atoms with van der Waals surface area (Å²) in [5.74, 6) is 1.09. The maximum absolute atomic E-state index is 13.3. The highest BCUT2D eigenvalue weighted by Crippen LogP contribution is 2.32. The van der Waals surface area contributed by atoms with E-state index >= 15 is 0 Å². The first-order chi connectivity index (χ1) is 15.1. The van der Waals surface area contributed by atoms with Crippen LogP contribution < -0.4 is 10.1 Å². The van der Waals surface area contributed by atoms with Crippen molar-refractivity contribution in [1.29, 1.82) is 0 Å². The monoisotopic (exact) mass is 424 g/mol. The summed E-state index contributed by atoms with van der Waals surface area (Å²) in [6, 6.07) is 17.4. The Morgan fingerprint density at radius 1 is 1.16 bits per heavy atom. The maximum atomic E-state index is 13.3. The van der Waals surface area contributed by atoms with Gasteiger partial charge in [0.2, 0.25) is 5.90 Å². The van der Waals surface area contributed by atoms with Crippen LogP contribution in [0.4, 0.5) is 0 Å². The molecule has 31 heavy (non-hydrogen) atoms. The van der Waals surface area contributed by atoms with Crippen molar-refractivity contribution >= 4 is 11.8 Å². The molecule has 3 rings (SSSR count). The van der Waals surface area contributed by atoms with Crippen LogP contribution in [0.15, 0.2) is 59.6 Å². The first kappa shape index (κ1) is 22.8. The molecule has 0 unspecified atom stereocenters. The summed E-state index contributed by atoms with van der Waals surface area (Å²) in [4.78, 5) is 18.2. The number of amides is 1. The van der Waals surface area contributed by atoms with Crippen molar-refractivity contribution in [2.24, 2.45) is 4.99 Å². The van der Waals surface area contributed by atoms with Gasteiger partial charge in [-0.1, -0.05) is 43.7 Å². The number of rotatable bonds is 11. The molecule has 0 aromatic heterocycles. The fraction of sp³-hybridized carbons (Fsp3) is 0.440. The standard InChI is InChI=1S/C25H32N2O4/c1-3-4-15-26-24(29)25(18-20-9-6-5-7-10-20)19(2)31-23(27-25)21-11-13-22(14-12-21)30-17-8-16-28/h5-7,9-14,19,28H,3-4,8,15-18H2,1-2H3,(H,26,29)/t19-,25-/m1/s1. The van der Waals surface area contributed by atoms with Crippen molar-refractivity contribution in [1.82, 2.24) is 5.32 Å². The van der Waals surface area contributed by atoms with Gasteiger partial charge in [0.25, 0.3) is 5.91 Å². The minimum atomic E-state index is -1.01. The normalized spacial score (nSPS) is 20.1. The number of aliphatic hydroxyl groups excluding tert-OH is 1. The third kappa shape index (κ3) is 5.64. The Morgan fingerprint density at radius 2 is 1.90 bits per heavy atom. The van der Waals surface area contributed by atoms with Crippen molar-refractivity contribution in [2.75, 3.05) is 19.8 Å². The number of nitrogens with one attached hydrogen (secondary N) is 1. The van der Waals surface area contributed by atoms with Crippen molar-refractivity contribution < 1.29 is 19.4 Å². The smallest absolute Gasteiger partial charge is 0.252 e. The summed E-state index contributed by atoms with van der Waals surface area (Å²) >= 11 is 0. The number of carbonyl (C=O) groups is 1. The van der Waals surface area contributed by atoms with E-state index in [9.17, 15) is 4.79 Å². The van der Waals surface area contributed by atoms with Crippen LogP contribution in [0.3, 0.4) is 0 Å². The number of aliphatic hydroxyl groups is 1. The van der Waals surface area contributed by atoms with Gasteiger partial charge in [0.05, 0.1) is 6.61 Å². The fourth-order valence-corrected chi connectivity index (χ4v) is 3.58. The van der Waals surface area contributed by atoms with Crippen LogP contribution in [0.5, 0.6) is 5.75 Å². The van der Waals surface area contributed by atoms with Crippen molar-refractivity contribution in [3.63, 3.8) is 0 Å². The first-order valence-corrected chi connectivity index (χ1v) is 11.0. The van der Waals surface area contributed by atoms with E-state index < -0.39 is 11.6 Å². The molecule has 2 aromatic carbocycles. The number of hydrogen-bond acceptors (Lipinski definition) is 5. The van der Waals surface area contributed by atoms with Gasteiger partial charge in [-0.2, -0.15) is 0 Å². The Morgan fingerprint density at radius 3 is 2.58 bits per heavy atom. The van der Waals surface area contributed by atoms with Gasteiger partial charge >= 0.3 is 0 Å². The van der Waals surface area contributed by atoms with Crippen molar-refractivity contribution in [2.45, 2.75) is 51.2 Å². The average Bonchev–Trinajstić information content (AvgIpc) is 3.12. The number of nitrogens with zero attached hydrogens (tertiary/aromatic N) is 1. The lowest BCUT2D eigenvalue weighted by molar-refractivity contribution is -0.128. The van der Waals surface area contributed by atoms with E-state index in [1.54, 1.807) is 0 Å². The number of aliphatic imine (C=N–C) groups is 1. The molecule has 0 saturated heterocycles. The lowest BCUT2D eigenvalue weighted by Gasteiger charge is -2.28. The molecular weight excluding hydrogens is 392 g/mol. The van der Waals surface area contributed by atoms with Crippen LogP contribution in [-0.4, -0.2) is 48.3 Å². The zero-order chi connectivity index (χ0) is 22.1. The highest BCUT2D eigenvalue weighted by atomic mass is 16.5. The van der Waals surface area contributed by atoms with Gasteiger partial charge in [-0.3, -0.25) is 4.79 Å². The molecule has 6 nitrogen and oxygen atoms in total. The highest BCUT2D eigenvalue weighted by Gasteiger charge is 2.50. The van der Waals surface area contributed by atoms with E-state index in [0.29, 0.717) is 31.9 Å². The summed E-state index contributed by atoms with van der Waals surface area (Å²) in [5.41, 5.74) is 0.833. The predicted molar refractivity (Wildman–Crippen MR) is 122 cm³/mol. The summed E-state index contributed by atoms with van der Waals surface area (Å²) in [6.45, 7) is 5.20. The molecule has 1 aliphatic rings. The van der Waals surface area contributed by atoms with Gasteiger partial charge in [0, 0.05) is 31.6 Å². The highest BCUT2D eigenvalue weighted by molar-refractivity contribution is 6.00. The van der Waals surface area contributed by atoms with Gasteiger partial charge in [0.15, 0.2) is 5.54 Å². The molecule has 1 aliphatic heterocycles. The second-order valence-electron chi connectivity index (χ2n) is 7.82. The molecule has 1 heterocycles. The molecule has 0 bridgehead atoms. The lowest BCUT2D eigenvalue weighted by atomic mass is 9.86. The van der Waals surface area contributed by atoms with E-state index in [0.717, 1.165) is 29.7 Å². The molecule has 2 N–H and O–H groups in total. The first-order valence-electron chi connectivity index (χ1n) is 11.0. The molecule has 0 spiro atoms. The predicted octanol–water partition coefficient (Wildman–Crippen LogP) is 3.51. The van der Waals surface area contributed by atoms with Gasteiger partial charge in [-0.05, 0) is 43.2 Å². The molecule has 2 aromatic rings. The number of carbonyl (C=O) groups excluding carboxylic acids is 1. The summed E-state index contributed by atoms with van der Waals surface area (Å²) in [5, 5.41) is 11.9. The largest absolute Gasteiger partial charge is 0.494 e. The topological polar surface area (TPSA) is 80.2 Å². The van der Waals surface area contributed by atoms with E-state index in [2.05, 4.69) is 12.2 Å². The zero-order valence-electron chi connectivity index (χ0n) is 18.3. The van der Waals surface area contributed by atoms with Crippen LogP contribution in [0.1, 0.15) is 44.2 Å². The molecule has 0 aliphatic carbocycles. The Labute approximate surface area is 184 Å². The molecule has 0 fully saturated rings. The van der Waals surface area contributed by atoms with E-state index in [1.165, 1.54) is 0 Å². The molecule has 0 radical (unpaired) electrons. The minimum Gasteiger partial charge on any atom is -0.494 e. The number of unbranched alkanes of at least 4 members (excludes halogenated alkanes) is 1. The Balaban J connectivity index is 1.85. The second-order valence-corrected chi connectivity index (χ2v) is 7.82. The maximum Gasteiger partial charge on any atom is 0.252 e. The Bertz CT molecular complexity index is 867.